The van der Waals surface area contributed by atoms with Crippen LogP contribution < -0.4 is 5.73 Å². The molecule has 3 nitrogen and oxygen atoms in total. The highest BCUT2D eigenvalue weighted by molar-refractivity contribution is 5.75. The van der Waals surface area contributed by atoms with Gasteiger partial charge in [0.1, 0.15) is 0 Å². The highest BCUT2D eigenvalue weighted by Gasteiger charge is 2.01. The van der Waals surface area contributed by atoms with Crippen LogP contribution in [0.1, 0.15) is 25.3 Å². The number of aryl methyl sites for hydroxylation is 2. The van der Waals surface area contributed by atoms with Gasteiger partial charge in [0.2, 0.25) is 0 Å². The second-order valence-corrected chi connectivity index (χ2v) is 4.55. The fourth-order valence-electron chi connectivity index (χ4n) is 1.97. The zero-order chi connectivity index (χ0) is 11.5. The Morgan fingerprint density at radius 2 is 2.25 bits per heavy atom. The molecule has 0 aliphatic heterocycles. The van der Waals surface area contributed by atoms with Gasteiger partial charge in [-0.1, -0.05) is 6.07 Å². The number of hydrogen-bond acceptors (Lipinski definition) is 2. The minimum absolute atomic E-state index is 0.304. The standard InChI is InChI=1S/C13H19N3/c1-10(14)4-3-5-11-6-7-13-12(8-11)15-9-16(13)2/h6-10H,3-5,14H2,1-2H3. The number of benzene rings is 1. The normalized spacial score (nSPS) is 13.2. The lowest BCUT2D eigenvalue weighted by atomic mass is 10.1. The molecule has 16 heavy (non-hydrogen) atoms. The minimum Gasteiger partial charge on any atom is -0.334 e. The van der Waals surface area contributed by atoms with Crippen molar-refractivity contribution in [3.63, 3.8) is 0 Å². The molecule has 0 fully saturated rings. The molecular formula is C13H19N3. The molecule has 0 spiro atoms. The van der Waals surface area contributed by atoms with E-state index in [0.717, 1.165) is 24.8 Å². The van der Waals surface area contributed by atoms with E-state index in [9.17, 15) is 0 Å². The molecule has 86 valence electrons. The van der Waals surface area contributed by atoms with Gasteiger partial charge in [0.05, 0.1) is 17.4 Å². The van der Waals surface area contributed by atoms with Crippen molar-refractivity contribution in [2.45, 2.75) is 32.2 Å². The Hall–Kier alpha value is -1.35. The summed E-state index contributed by atoms with van der Waals surface area (Å²) in [6.45, 7) is 2.06. The number of rotatable bonds is 4. The van der Waals surface area contributed by atoms with Gasteiger partial charge in [-0.25, -0.2) is 4.98 Å². The summed E-state index contributed by atoms with van der Waals surface area (Å²) in [7, 11) is 2.02. The Morgan fingerprint density at radius 1 is 1.44 bits per heavy atom. The van der Waals surface area contributed by atoms with Crippen molar-refractivity contribution in [1.29, 1.82) is 0 Å². The Kier molecular flexibility index (Phi) is 3.25. The summed E-state index contributed by atoms with van der Waals surface area (Å²) in [5, 5.41) is 0. The van der Waals surface area contributed by atoms with Crippen LogP contribution in [0.5, 0.6) is 0 Å². The Bertz CT molecular complexity index is 471. The van der Waals surface area contributed by atoms with E-state index in [0.29, 0.717) is 6.04 Å². The van der Waals surface area contributed by atoms with Crippen LogP contribution in [0, 0.1) is 0 Å². The third-order valence-electron chi connectivity index (χ3n) is 2.91. The maximum absolute atomic E-state index is 5.73. The highest BCUT2D eigenvalue weighted by Crippen LogP contribution is 2.15. The van der Waals surface area contributed by atoms with Gasteiger partial charge in [-0.3, -0.25) is 0 Å². The molecule has 0 amide bonds. The van der Waals surface area contributed by atoms with Crippen molar-refractivity contribution in [3.05, 3.63) is 30.1 Å². The number of fused-ring (bicyclic) bond motifs is 1. The summed E-state index contributed by atoms with van der Waals surface area (Å²) in [4.78, 5) is 4.36. The van der Waals surface area contributed by atoms with Crippen molar-refractivity contribution in [2.24, 2.45) is 12.8 Å². The van der Waals surface area contributed by atoms with Crippen molar-refractivity contribution in [1.82, 2.24) is 9.55 Å². The van der Waals surface area contributed by atoms with Crippen molar-refractivity contribution >= 4 is 11.0 Å². The minimum atomic E-state index is 0.304. The smallest absolute Gasteiger partial charge is 0.0955 e. The average Bonchev–Trinajstić information content (AvgIpc) is 2.60. The molecule has 0 aliphatic rings. The van der Waals surface area contributed by atoms with E-state index in [2.05, 4.69) is 30.1 Å². The predicted octanol–water partition coefficient (Wildman–Crippen LogP) is 2.24. The first-order valence-corrected chi connectivity index (χ1v) is 5.82. The van der Waals surface area contributed by atoms with Gasteiger partial charge in [-0.15, -0.1) is 0 Å². The maximum Gasteiger partial charge on any atom is 0.0955 e. The summed E-state index contributed by atoms with van der Waals surface area (Å²) in [5.74, 6) is 0. The Morgan fingerprint density at radius 3 is 3.00 bits per heavy atom. The number of aromatic nitrogens is 2. The van der Waals surface area contributed by atoms with Gasteiger partial charge in [0.25, 0.3) is 0 Å². The largest absolute Gasteiger partial charge is 0.334 e. The number of nitrogens with zero attached hydrogens (tertiary/aromatic N) is 2. The number of hydrogen-bond donors (Lipinski definition) is 1. The molecule has 0 saturated heterocycles. The van der Waals surface area contributed by atoms with Crippen LogP contribution >= 0.6 is 0 Å². The second kappa shape index (κ2) is 4.66. The molecule has 0 saturated carbocycles. The van der Waals surface area contributed by atoms with Crippen molar-refractivity contribution in [2.75, 3.05) is 0 Å². The summed E-state index contributed by atoms with van der Waals surface area (Å²) in [6, 6.07) is 6.81. The molecule has 0 bridgehead atoms. The van der Waals surface area contributed by atoms with E-state index >= 15 is 0 Å². The van der Waals surface area contributed by atoms with Crippen LogP contribution in [0.2, 0.25) is 0 Å². The van der Waals surface area contributed by atoms with Gasteiger partial charge in [0, 0.05) is 13.1 Å². The zero-order valence-corrected chi connectivity index (χ0v) is 9.98. The van der Waals surface area contributed by atoms with Crippen LogP contribution in [0.15, 0.2) is 24.5 Å². The van der Waals surface area contributed by atoms with E-state index in [1.165, 1.54) is 11.1 Å². The molecule has 0 aliphatic carbocycles. The van der Waals surface area contributed by atoms with Gasteiger partial charge in [-0.2, -0.15) is 0 Å². The fraction of sp³-hybridized carbons (Fsp3) is 0.462. The molecule has 2 N–H and O–H groups in total. The van der Waals surface area contributed by atoms with Crippen molar-refractivity contribution < 1.29 is 0 Å². The van der Waals surface area contributed by atoms with E-state index in [-0.39, 0.29) is 0 Å². The third kappa shape index (κ3) is 2.42. The van der Waals surface area contributed by atoms with E-state index < -0.39 is 0 Å². The van der Waals surface area contributed by atoms with E-state index in [4.69, 9.17) is 5.73 Å². The number of nitrogens with two attached hydrogens (primary N) is 1. The third-order valence-corrected chi connectivity index (χ3v) is 2.91. The molecule has 0 radical (unpaired) electrons. The maximum atomic E-state index is 5.73. The van der Waals surface area contributed by atoms with Crippen LogP contribution in [-0.2, 0) is 13.5 Å². The van der Waals surface area contributed by atoms with Gasteiger partial charge < -0.3 is 10.3 Å². The molecule has 1 aromatic heterocycles. The fourth-order valence-corrected chi connectivity index (χ4v) is 1.97. The molecule has 2 rings (SSSR count). The molecule has 1 aromatic carbocycles. The van der Waals surface area contributed by atoms with Gasteiger partial charge in [-0.05, 0) is 43.9 Å². The van der Waals surface area contributed by atoms with E-state index in [1.54, 1.807) is 0 Å². The summed E-state index contributed by atoms with van der Waals surface area (Å²) in [5.41, 5.74) is 9.36. The first-order chi connectivity index (χ1) is 7.66. The molecule has 1 unspecified atom stereocenters. The first kappa shape index (κ1) is 11.1. The summed E-state index contributed by atoms with van der Waals surface area (Å²) in [6.07, 6.45) is 5.18. The lowest BCUT2D eigenvalue weighted by molar-refractivity contribution is 0.624. The number of imidazole rings is 1. The zero-order valence-electron chi connectivity index (χ0n) is 9.98. The van der Waals surface area contributed by atoms with Crippen LogP contribution in [0.4, 0.5) is 0 Å². The molecule has 3 heteroatoms. The second-order valence-electron chi connectivity index (χ2n) is 4.55. The highest BCUT2D eigenvalue weighted by atomic mass is 15.0. The predicted molar refractivity (Wildman–Crippen MR) is 67.3 cm³/mol. The van der Waals surface area contributed by atoms with Gasteiger partial charge >= 0.3 is 0 Å². The lowest BCUT2D eigenvalue weighted by Gasteiger charge is -2.05. The first-order valence-electron chi connectivity index (χ1n) is 5.82. The SMILES string of the molecule is CC(N)CCCc1ccc2c(c1)ncn2C. The lowest BCUT2D eigenvalue weighted by Crippen LogP contribution is -2.14. The Labute approximate surface area is 96.3 Å². The van der Waals surface area contributed by atoms with Gasteiger partial charge in [0.15, 0.2) is 0 Å². The van der Waals surface area contributed by atoms with Crippen molar-refractivity contribution in [3.8, 4) is 0 Å². The molecule has 2 aromatic rings. The van der Waals surface area contributed by atoms with Crippen LogP contribution in [0.25, 0.3) is 11.0 Å². The quantitative estimate of drug-likeness (QED) is 0.853. The Balaban J connectivity index is 2.08. The van der Waals surface area contributed by atoms with Crippen LogP contribution in [0.3, 0.4) is 0 Å². The topological polar surface area (TPSA) is 43.8 Å². The van der Waals surface area contributed by atoms with E-state index in [1.807, 2.05) is 17.9 Å². The average molecular weight is 217 g/mol. The molecule has 1 heterocycles. The monoisotopic (exact) mass is 217 g/mol. The summed E-state index contributed by atoms with van der Waals surface area (Å²) < 4.78 is 2.04. The molecule has 1 atom stereocenters. The van der Waals surface area contributed by atoms with Crippen LogP contribution in [-0.4, -0.2) is 15.6 Å². The molecular weight excluding hydrogens is 198 g/mol. The summed E-state index contributed by atoms with van der Waals surface area (Å²) >= 11 is 0.